The fraction of sp³-hybridized carbons (Fsp3) is 0.158. The first-order valence-electron chi connectivity index (χ1n) is 8.35. The van der Waals surface area contributed by atoms with Crippen LogP contribution in [0.4, 0.5) is 27.6 Å². The van der Waals surface area contributed by atoms with E-state index in [0.29, 0.717) is 15.9 Å². The van der Waals surface area contributed by atoms with E-state index in [2.05, 4.69) is 4.98 Å². The highest BCUT2D eigenvalue weighted by atomic mass is 35.5. The number of rotatable bonds is 5. The second kappa shape index (κ2) is 8.30. The van der Waals surface area contributed by atoms with Crippen molar-refractivity contribution in [2.24, 2.45) is 5.73 Å². The summed E-state index contributed by atoms with van der Waals surface area (Å²) in [5, 5.41) is 0.757. The molecule has 0 saturated heterocycles. The zero-order valence-electron chi connectivity index (χ0n) is 14.7. The molecule has 0 atom stereocenters. The van der Waals surface area contributed by atoms with E-state index in [0.717, 1.165) is 4.90 Å². The highest BCUT2D eigenvalue weighted by Crippen LogP contribution is 2.31. The van der Waals surface area contributed by atoms with Crippen LogP contribution in [-0.2, 0) is 0 Å². The molecule has 3 aromatic rings. The minimum absolute atomic E-state index is 0.121. The monoisotopic (exact) mass is 429 g/mol. The number of aromatic nitrogens is 1. The Balaban J connectivity index is 2.21. The van der Waals surface area contributed by atoms with Crippen LogP contribution in [0.15, 0.2) is 30.5 Å². The SMILES string of the molecule is NCCCN(C(=O)c1c(F)c(F)c(F)c(F)c1F)c1ccnc2cc(Cl)ccc12. The van der Waals surface area contributed by atoms with Gasteiger partial charge in [-0.25, -0.2) is 22.0 Å². The minimum Gasteiger partial charge on any atom is -0.330 e. The normalized spacial score (nSPS) is 11.1. The number of carbonyl (C=O) groups is 1. The van der Waals surface area contributed by atoms with Crippen LogP contribution in [0.3, 0.4) is 0 Å². The summed E-state index contributed by atoms with van der Waals surface area (Å²) < 4.78 is 68.9. The molecule has 2 aromatic carbocycles. The summed E-state index contributed by atoms with van der Waals surface area (Å²) in [5.41, 5.74) is 4.46. The molecule has 0 saturated carbocycles. The molecule has 0 aliphatic heterocycles. The van der Waals surface area contributed by atoms with Gasteiger partial charge in [-0.1, -0.05) is 11.6 Å². The van der Waals surface area contributed by atoms with Crippen LogP contribution in [0.25, 0.3) is 10.9 Å². The topological polar surface area (TPSA) is 59.2 Å². The molecule has 1 heterocycles. The summed E-state index contributed by atoms with van der Waals surface area (Å²) in [6.07, 6.45) is 1.54. The molecule has 2 N–H and O–H groups in total. The zero-order chi connectivity index (χ0) is 21.3. The summed E-state index contributed by atoms with van der Waals surface area (Å²) in [4.78, 5) is 17.9. The first-order valence-corrected chi connectivity index (χ1v) is 8.73. The van der Waals surface area contributed by atoms with E-state index < -0.39 is 40.6 Å². The number of amides is 1. The van der Waals surface area contributed by atoms with Gasteiger partial charge in [0.15, 0.2) is 23.3 Å². The number of carbonyl (C=O) groups excluding carboxylic acids is 1. The largest absolute Gasteiger partial charge is 0.330 e. The molecule has 4 nitrogen and oxygen atoms in total. The van der Waals surface area contributed by atoms with Gasteiger partial charge < -0.3 is 10.6 Å². The zero-order valence-corrected chi connectivity index (χ0v) is 15.4. The second-order valence-electron chi connectivity index (χ2n) is 6.04. The molecule has 0 bridgehead atoms. The van der Waals surface area contributed by atoms with E-state index in [1.807, 2.05) is 0 Å². The Labute approximate surface area is 166 Å². The van der Waals surface area contributed by atoms with Crippen molar-refractivity contribution in [1.82, 2.24) is 4.98 Å². The first kappa shape index (κ1) is 20.9. The maximum Gasteiger partial charge on any atom is 0.264 e. The number of anilines is 1. The molecule has 1 aromatic heterocycles. The van der Waals surface area contributed by atoms with Crippen molar-refractivity contribution in [3.05, 3.63) is 70.1 Å². The Bertz CT molecular complexity index is 1080. The van der Waals surface area contributed by atoms with Crippen LogP contribution >= 0.6 is 11.6 Å². The Morgan fingerprint density at radius 3 is 2.24 bits per heavy atom. The van der Waals surface area contributed by atoms with Crippen molar-refractivity contribution in [1.29, 1.82) is 0 Å². The Kier molecular flexibility index (Phi) is 5.99. The molecule has 1 amide bonds. The van der Waals surface area contributed by atoms with Crippen molar-refractivity contribution in [2.45, 2.75) is 6.42 Å². The van der Waals surface area contributed by atoms with Crippen molar-refractivity contribution < 1.29 is 26.7 Å². The molecule has 10 heteroatoms. The predicted molar refractivity (Wildman–Crippen MR) is 98.3 cm³/mol. The molecule has 0 fully saturated rings. The van der Waals surface area contributed by atoms with Crippen LogP contribution in [-0.4, -0.2) is 24.0 Å². The maximum absolute atomic E-state index is 14.2. The average molecular weight is 430 g/mol. The molecule has 3 rings (SSSR count). The highest BCUT2D eigenvalue weighted by Gasteiger charge is 2.33. The van der Waals surface area contributed by atoms with Gasteiger partial charge in [0.1, 0.15) is 5.56 Å². The molecule has 0 aliphatic carbocycles. The summed E-state index contributed by atoms with van der Waals surface area (Å²) in [7, 11) is 0. The molecular formula is C19H13ClF5N3O. The lowest BCUT2D eigenvalue weighted by Gasteiger charge is -2.24. The lowest BCUT2D eigenvalue weighted by atomic mass is 10.1. The predicted octanol–water partition coefficient (Wildman–Crippen LogP) is 4.58. The highest BCUT2D eigenvalue weighted by molar-refractivity contribution is 6.31. The number of halogens is 6. The van der Waals surface area contributed by atoms with Gasteiger partial charge >= 0.3 is 0 Å². The van der Waals surface area contributed by atoms with Gasteiger partial charge in [0.05, 0.1) is 11.2 Å². The first-order chi connectivity index (χ1) is 13.8. The van der Waals surface area contributed by atoms with Crippen LogP contribution in [0, 0.1) is 29.1 Å². The number of pyridine rings is 1. The van der Waals surface area contributed by atoms with E-state index in [1.54, 1.807) is 0 Å². The summed E-state index contributed by atoms with van der Waals surface area (Å²) >= 11 is 5.93. The summed E-state index contributed by atoms with van der Waals surface area (Å²) in [6.45, 7) is -0.00764. The van der Waals surface area contributed by atoms with E-state index in [4.69, 9.17) is 17.3 Å². The number of hydrogen-bond donors (Lipinski definition) is 1. The van der Waals surface area contributed by atoms with Gasteiger partial charge in [0.2, 0.25) is 5.82 Å². The smallest absolute Gasteiger partial charge is 0.264 e. The molecule has 152 valence electrons. The van der Waals surface area contributed by atoms with E-state index >= 15 is 0 Å². The van der Waals surface area contributed by atoms with Crippen molar-refractivity contribution in [3.63, 3.8) is 0 Å². The number of nitrogens with zero attached hydrogens (tertiary/aromatic N) is 2. The standard InChI is InChI=1S/C19H13ClF5N3O/c20-9-2-3-10-11(8-9)27-6-4-12(10)28(7-1-5-26)19(29)13-14(21)16(23)18(25)17(24)15(13)22/h2-4,6,8H,1,5,7,26H2. The van der Waals surface area contributed by atoms with Crippen LogP contribution in [0.1, 0.15) is 16.8 Å². The van der Waals surface area contributed by atoms with Crippen LogP contribution in [0.5, 0.6) is 0 Å². The van der Waals surface area contributed by atoms with Crippen molar-refractivity contribution in [3.8, 4) is 0 Å². The number of fused-ring (bicyclic) bond motifs is 1. The summed E-state index contributed by atoms with van der Waals surface area (Å²) in [6, 6.07) is 5.93. The number of hydrogen-bond acceptors (Lipinski definition) is 3. The van der Waals surface area contributed by atoms with Gasteiger partial charge in [-0.15, -0.1) is 0 Å². The van der Waals surface area contributed by atoms with Gasteiger partial charge in [-0.05, 0) is 37.2 Å². The molecule has 29 heavy (non-hydrogen) atoms. The third kappa shape index (κ3) is 3.75. The maximum atomic E-state index is 14.2. The van der Waals surface area contributed by atoms with Crippen LogP contribution in [0.2, 0.25) is 5.02 Å². The third-order valence-electron chi connectivity index (χ3n) is 4.23. The molecular weight excluding hydrogens is 417 g/mol. The molecule has 0 spiro atoms. The van der Waals surface area contributed by atoms with Gasteiger partial charge in [-0.3, -0.25) is 9.78 Å². The van der Waals surface area contributed by atoms with E-state index in [-0.39, 0.29) is 25.2 Å². The fourth-order valence-corrected chi connectivity index (χ4v) is 3.02. The molecule has 0 radical (unpaired) electrons. The average Bonchev–Trinajstić information content (AvgIpc) is 2.71. The second-order valence-corrected chi connectivity index (χ2v) is 6.47. The van der Waals surface area contributed by atoms with Crippen LogP contribution < -0.4 is 10.6 Å². The lowest BCUT2D eigenvalue weighted by molar-refractivity contribution is 0.0975. The summed E-state index contributed by atoms with van der Waals surface area (Å²) in [5.74, 6) is -12.5. The van der Waals surface area contributed by atoms with Gasteiger partial charge in [-0.2, -0.15) is 0 Å². The van der Waals surface area contributed by atoms with Crippen molar-refractivity contribution >= 4 is 34.1 Å². The quantitative estimate of drug-likeness (QED) is 0.367. The van der Waals surface area contributed by atoms with E-state index in [9.17, 15) is 26.7 Å². The minimum atomic E-state index is -2.34. The van der Waals surface area contributed by atoms with E-state index in [1.165, 1.54) is 30.5 Å². The molecule has 0 aliphatic rings. The van der Waals surface area contributed by atoms with Gasteiger partial charge in [0.25, 0.3) is 5.91 Å². The fourth-order valence-electron chi connectivity index (χ4n) is 2.85. The number of benzene rings is 2. The number of nitrogens with two attached hydrogens (primary N) is 1. The van der Waals surface area contributed by atoms with Crippen molar-refractivity contribution in [2.75, 3.05) is 18.0 Å². The third-order valence-corrected chi connectivity index (χ3v) is 4.46. The Morgan fingerprint density at radius 2 is 1.62 bits per heavy atom. The Hall–Kier alpha value is -2.78. The lowest BCUT2D eigenvalue weighted by Crippen LogP contribution is -2.35. The molecule has 0 unspecified atom stereocenters. The Morgan fingerprint density at radius 1 is 1.00 bits per heavy atom. The van der Waals surface area contributed by atoms with Gasteiger partial charge in [0, 0.05) is 23.2 Å².